The molecule has 28 heavy (non-hydrogen) atoms. The molecule has 8 nitrogen and oxygen atoms in total. The number of amides is 1. The number of esters is 2. The molecule has 0 aliphatic heterocycles. The summed E-state index contributed by atoms with van der Waals surface area (Å²) >= 11 is 4.34. The van der Waals surface area contributed by atoms with E-state index in [1.165, 1.54) is 4.68 Å². The van der Waals surface area contributed by atoms with Gasteiger partial charge in [-0.25, -0.2) is 9.59 Å². The van der Waals surface area contributed by atoms with Gasteiger partial charge in [0.05, 0.1) is 28.9 Å². The van der Waals surface area contributed by atoms with Gasteiger partial charge in [0.25, 0.3) is 0 Å². The number of hydrogen-bond acceptors (Lipinski definition) is 7. The van der Waals surface area contributed by atoms with Crippen molar-refractivity contribution < 1.29 is 23.9 Å². The first-order valence-electron chi connectivity index (χ1n) is 8.75. The molecule has 0 unspecified atom stereocenters. The highest BCUT2D eigenvalue weighted by molar-refractivity contribution is 9.10. The average Bonchev–Trinajstić information content (AvgIpc) is 3.11. The van der Waals surface area contributed by atoms with Crippen molar-refractivity contribution in [3.8, 4) is 0 Å². The number of nitrogens with one attached hydrogen (secondary N) is 1. The smallest absolute Gasteiger partial charge is 0.348 e. The maximum Gasteiger partial charge on any atom is 0.348 e. The van der Waals surface area contributed by atoms with Crippen molar-refractivity contribution in [1.29, 1.82) is 0 Å². The number of thiophene rings is 1. The second-order valence-corrected chi connectivity index (χ2v) is 7.80. The van der Waals surface area contributed by atoms with Gasteiger partial charge >= 0.3 is 11.9 Å². The summed E-state index contributed by atoms with van der Waals surface area (Å²) in [5.41, 5.74) is 1.36. The fourth-order valence-corrected chi connectivity index (χ4v) is 3.81. The van der Waals surface area contributed by atoms with Crippen LogP contribution in [0, 0.1) is 13.8 Å². The van der Waals surface area contributed by atoms with Gasteiger partial charge in [-0.1, -0.05) is 6.92 Å². The van der Waals surface area contributed by atoms with E-state index >= 15 is 0 Å². The largest absolute Gasteiger partial charge is 0.462 e. The SMILES string of the molecule is CCCOC(=O)c1c(NC(=O)Cn2cc(Br)c(C)n2)sc(C(=O)OCC)c1C. The lowest BCUT2D eigenvalue weighted by Crippen LogP contribution is -2.20. The normalized spacial score (nSPS) is 10.6. The van der Waals surface area contributed by atoms with Crippen LogP contribution in [-0.2, 0) is 20.8 Å². The number of anilines is 1. The van der Waals surface area contributed by atoms with Crippen LogP contribution in [0.2, 0.25) is 0 Å². The minimum absolute atomic E-state index is 0.0401. The van der Waals surface area contributed by atoms with Gasteiger partial charge in [0.1, 0.15) is 16.4 Å². The minimum atomic E-state index is -0.584. The number of ether oxygens (including phenoxy) is 2. The Kier molecular flexibility index (Phi) is 7.76. The number of carbonyl (C=O) groups excluding carboxylic acids is 3. The lowest BCUT2D eigenvalue weighted by Gasteiger charge is -2.08. The Hall–Kier alpha value is -2.20. The first kappa shape index (κ1) is 22.1. The van der Waals surface area contributed by atoms with Crippen LogP contribution in [0.3, 0.4) is 0 Å². The highest BCUT2D eigenvalue weighted by Crippen LogP contribution is 2.34. The van der Waals surface area contributed by atoms with E-state index < -0.39 is 11.9 Å². The Balaban J connectivity index is 2.29. The fraction of sp³-hybridized carbons (Fsp3) is 0.444. The lowest BCUT2D eigenvalue weighted by molar-refractivity contribution is -0.116. The van der Waals surface area contributed by atoms with Crippen molar-refractivity contribution in [2.45, 2.75) is 40.7 Å². The van der Waals surface area contributed by atoms with Crippen molar-refractivity contribution in [3.63, 3.8) is 0 Å². The van der Waals surface area contributed by atoms with Gasteiger partial charge in [0.2, 0.25) is 5.91 Å². The summed E-state index contributed by atoms with van der Waals surface area (Å²) < 4.78 is 12.5. The zero-order valence-corrected chi connectivity index (χ0v) is 18.5. The van der Waals surface area contributed by atoms with Crippen molar-refractivity contribution in [2.75, 3.05) is 18.5 Å². The van der Waals surface area contributed by atoms with Crippen LogP contribution in [0.4, 0.5) is 5.00 Å². The molecule has 0 spiro atoms. The molecule has 1 N–H and O–H groups in total. The number of aryl methyl sites for hydroxylation is 1. The summed E-state index contributed by atoms with van der Waals surface area (Å²) in [4.78, 5) is 37.4. The van der Waals surface area contributed by atoms with E-state index in [1.54, 1.807) is 20.0 Å². The Morgan fingerprint density at radius 1 is 1.21 bits per heavy atom. The first-order chi connectivity index (χ1) is 13.3. The first-order valence-corrected chi connectivity index (χ1v) is 10.4. The Labute approximate surface area is 175 Å². The molecule has 1 amide bonds. The van der Waals surface area contributed by atoms with E-state index in [1.807, 2.05) is 13.8 Å². The highest BCUT2D eigenvalue weighted by Gasteiger charge is 2.27. The molecule has 0 saturated heterocycles. The maximum atomic E-state index is 12.5. The predicted octanol–water partition coefficient (Wildman–Crippen LogP) is 3.71. The molecule has 0 aliphatic rings. The third-order valence-corrected chi connectivity index (χ3v) is 5.66. The quantitative estimate of drug-likeness (QED) is 0.589. The molecule has 0 saturated carbocycles. The zero-order chi connectivity index (χ0) is 20.8. The van der Waals surface area contributed by atoms with E-state index in [9.17, 15) is 14.4 Å². The van der Waals surface area contributed by atoms with E-state index in [2.05, 4.69) is 26.3 Å². The Morgan fingerprint density at radius 3 is 2.50 bits per heavy atom. The van der Waals surface area contributed by atoms with Crippen LogP contribution in [0.25, 0.3) is 0 Å². The van der Waals surface area contributed by atoms with Crippen LogP contribution >= 0.6 is 27.3 Å². The van der Waals surface area contributed by atoms with E-state index in [0.29, 0.717) is 12.0 Å². The van der Waals surface area contributed by atoms with Crippen molar-refractivity contribution in [1.82, 2.24) is 9.78 Å². The molecular formula is C18H22BrN3O5S. The van der Waals surface area contributed by atoms with Gasteiger partial charge in [0, 0.05) is 6.20 Å². The van der Waals surface area contributed by atoms with Crippen LogP contribution in [0.15, 0.2) is 10.7 Å². The molecule has 0 aliphatic carbocycles. The second kappa shape index (κ2) is 9.83. The number of hydrogen-bond donors (Lipinski definition) is 1. The molecule has 2 aromatic rings. The molecule has 152 valence electrons. The summed E-state index contributed by atoms with van der Waals surface area (Å²) in [6, 6.07) is 0. The molecule has 0 radical (unpaired) electrons. The molecule has 0 atom stereocenters. The van der Waals surface area contributed by atoms with Crippen LogP contribution in [0.5, 0.6) is 0 Å². The van der Waals surface area contributed by atoms with Crippen LogP contribution < -0.4 is 5.32 Å². The Morgan fingerprint density at radius 2 is 1.93 bits per heavy atom. The number of aromatic nitrogens is 2. The molecular weight excluding hydrogens is 450 g/mol. The maximum absolute atomic E-state index is 12.5. The monoisotopic (exact) mass is 471 g/mol. The third kappa shape index (κ3) is 5.20. The topological polar surface area (TPSA) is 99.5 Å². The van der Waals surface area contributed by atoms with E-state index in [-0.39, 0.29) is 41.1 Å². The van der Waals surface area contributed by atoms with Crippen molar-refractivity contribution in [2.24, 2.45) is 0 Å². The van der Waals surface area contributed by atoms with Crippen LogP contribution in [-0.4, -0.2) is 40.8 Å². The van der Waals surface area contributed by atoms with E-state index in [0.717, 1.165) is 21.5 Å². The van der Waals surface area contributed by atoms with Gasteiger partial charge in [-0.2, -0.15) is 5.10 Å². The molecule has 0 bridgehead atoms. The summed E-state index contributed by atoms with van der Waals surface area (Å²) in [5, 5.41) is 7.17. The number of rotatable bonds is 8. The lowest BCUT2D eigenvalue weighted by atomic mass is 10.1. The second-order valence-electron chi connectivity index (χ2n) is 5.92. The molecule has 0 aromatic carbocycles. The Bertz CT molecular complexity index is 871. The zero-order valence-electron chi connectivity index (χ0n) is 16.1. The minimum Gasteiger partial charge on any atom is -0.462 e. The van der Waals surface area contributed by atoms with Gasteiger partial charge in [-0.3, -0.25) is 9.48 Å². The summed E-state index contributed by atoms with van der Waals surface area (Å²) in [6.45, 7) is 7.44. The number of halogens is 1. The third-order valence-electron chi connectivity index (χ3n) is 3.69. The molecule has 2 rings (SSSR count). The molecule has 2 aromatic heterocycles. The van der Waals surface area contributed by atoms with Crippen LogP contribution in [0.1, 0.15) is 51.6 Å². The van der Waals surface area contributed by atoms with Gasteiger partial charge in [-0.05, 0) is 48.7 Å². The summed E-state index contributed by atoms with van der Waals surface area (Å²) in [5.74, 6) is -1.50. The number of carbonyl (C=O) groups is 3. The molecule has 0 fully saturated rings. The standard InChI is InChI=1S/C18H22BrN3O5S/c1-5-7-27-17(24)14-10(3)15(18(25)26-6-2)28-16(14)20-13(23)9-22-8-12(19)11(4)21-22/h8H,5-7,9H2,1-4H3,(H,20,23). The summed E-state index contributed by atoms with van der Waals surface area (Å²) in [7, 11) is 0. The number of nitrogens with zero attached hydrogens (tertiary/aromatic N) is 2. The molecule has 2 heterocycles. The highest BCUT2D eigenvalue weighted by atomic mass is 79.9. The predicted molar refractivity (Wildman–Crippen MR) is 109 cm³/mol. The van der Waals surface area contributed by atoms with Gasteiger partial charge in [0.15, 0.2) is 0 Å². The summed E-state index contributed by atoms with van der Waals surface area (Å²) in [6.07, 6.45) is 2.35. The fourth-order valence-electron chi connectivity index (χ4n) is 2.39. The van der Waals surface area contributed by atoms with Crippen molar-refractivity contribution >= 4 is 50.1 Å². The van der Waals surface area contributed by atoms with Gasteiger partial charge < -0.3 is 14.8 Å². The molecule has 10 heteroatoms. The van der Waals surface area contributed by atoms with Crippen molar-refractivity contribution in [3.05, 3.63) is 32.4 Å². The average molecular weight is 472 g/mol. The van der Waals surface area contributed by atoms with Gasteiger partial charge in [-0.15, -0.1) is 11.3 Å². The van der Waals surface area contributed by atoms with E-state index in [4.69, 9.17) is 9.47 Å².